The number of carboxylic acid groups (broad SMARTS) is 1. The summed E-state index contributed by atoms with van der Waals surface area (Å²) in [6, 6.07) is 11.1. The van der Waals surface area contributed by atoms with Crippen LogP contribution in [0.5, 0.6) is 5.88 Å². The third-order valence-corrected chi connectivity index (χ3v) is 5.16. The van der Waals surface area contributed by atoms with Gasteiger partial charge in [0.1, 0.15) is 6.10 Å². The molecule has 1 unspecified atom stereocenters. The lowest BCUT2D eigenvalue weighted by Gasteiger charge is -2.19. The highest BCUT2D eigenvalue weighted by molar-refractivity contribution is 9.10. The van der Waals surface area contributed by atoms with Crippen molar-refractivity contribution in [1.82, 2.24) is 20.9 Å². The topological polar surface area (TPSA) is 125 Å². The molecular weight excluding hydrogens is 502 g/mol. The number of hydrogen-bond donors (Lipinski definition) is 4. The zero-order valence-corrected chi connectivity index (χ0v) is 20.2. The van der Waals surface area contributed by atoms with E-state index in [1.165, 1.54) is 0 Å². The number of pyridine rings is 1. The zero-order valence-electron chi connectivity index (χ0n) is 18.6. The number of rotatable bonds is 8. The van der Waals surface area contributed by atoms with Gasteiger partial charge in [0, 0.05) is 35.4 Å². The molecule has 1 aliphatic carbocycles. The van der Waals surface area contributed by atoms with Crippen molar-refractivity contribution in [2.24, 2.45) is 4.99 Å². The van der Waals surface area contributed by atoms with Crippen LogP contribution in [0.4, 0.5) is 4.79 Å². The van der Waals surface area contributed by atoms with E-state index in [1.54, 1.807) is 12.3 Å². The number of benzene rings is 1. The highest BCUT2D eigenvalue weighted by atomic mass is 79.9. The number of carboxylic acids is 1. The van der Waals surface area contributed by atoms with E-state index >= 15 is 0 Å². The predicted molar refractivity (Wildman–Crippen MR) is 132 cm³/mol. The van der Waals surface area contributed by atoms with Crippen molar-refractivity contribution in [3.63, 3.8) is 0 Å². The Labute approximate surface area is 206 Å². The van der Waals surface area contributed by atoms with Gasteiger partial charge in [-0.2, -0.15) is 0 Å². The number of urea groups is 1. The standard InChI is InChI=1S/C24H26BrN5O4/c1-16-2-4-17(5-3-16)14-28-23(30-24(33)26-13-12-22(31)32)29-19-7-9-20(10-8-19)34-21-11-6-18(25)15-27-21/h2-9,11,15,20H,10,12-14H2,1H3,(H,31,32)(H3,26,28,29,30,33). The van der Waals surface area contributed by atoms with Gasteiger partial charge in [-0.25, -0.2) is 14.8 Å². The molecule has 0 saturated heterocycles. The number of amides is 2. The lowest BCUT2D eigenvalue weighted by Crippen LogP contribution is -2.46. The van der Waals surface area contributed by atoms with Gasteiger partial charge < -0.3 is 20.5 Å². The van der Waals surface area contributed by atoms with Crippen molar-refractivity contribution in [2.75, 3.05) is 6.54 Å². The van der Waals surface area contributed by atoms with Crippen molar-refractivity contribution in [1.29, 1.82) is 0 Å². The number of aryl methyl sites for hydroxylation is 1. The van der Waals surface area contributed by atoms with Gasteiger partial charge in [0.15, 0.2) is 0 Å². The van der Waals surface area contributed by atoms with Crippen LogP contribution in [0.3, 0.4) is 0 Å². The molecule has 1 aromatic heterocycles. The number of aliphatic imine (C=N–C) groups is 1. The molecule has 0 bridgehead atoms. The number of ether oxygens (including phenoxy) is 1. The SMILES string of the molecule is Cc1ccc(CN=C(NC(=O)NCCC(=O)O)NC2=CCC(Oc3ccc(Br)cn3)C=C2)cc1. The van der Waals surface area contributed by atoms with Crippen LogP contribution in [0.1, 0.15) is 24.0 Å². The van der Waals surface area contributed by atoms with Gasteiger partial charge in [-0.15, -0.1) is 0 Å². The zero-order chi connectivity index (χ0) is 24.3. The van der Waals surface area contributed by atoms with Gasteiger partial charge in [-0.3, -0.25) is 10.1 Å². The van der Waals surface area contributed by atoms with Gasteiger partial charge in [-0.1, -0.05) is 35.9 Å². The first kappa shape index (κ1) is 25.0. The fourth-order valence-corrected chi connectivity index (χ4v) is 3.15. The molecule has 2 amide bonds. The molecule has 4 N–H and O–H groups in total. The third-order valence-electron chi connectivity index (χ3n) is 4.69. The van der Waals surface area contributed by atoms with Crippen molar-refractivity contribution in [3.05, 3.63) is 82.1 Å². The molecule has 2 aromatic rings. The van der Waals surface area contributed by atoms with Crippen molar-refractivity contribution in [2.45, 2.75) is 32.4 Å². The van der Waals surface area contributed by atoms with Crippen LogP contribution in [0.25, 0.3) is 0 Å². The Kier molecular flexibility index (Phi) is 9.21. The molecular formula is C24H26BrN5O4. The third kappa shape index (κ3) is 8.70. The first-order valence-corrected chi connectivity index (χ1v) is 11.5. The highest BCUT2D eigenvalue weighted by Crippen LogP contribution is 2.18. The van der Waals surface area contributed by atoms with Crippen LogP contribution in [-0.2, 0) is 11.3 Å². The molecule has 178 valence electrons. The van der Waals surface area contributed by atoms with E-state index in [1.807, 2.05) is 55.5 Å². The van der Waals surface area contributed by atoms with Crippen LogP contribution >= 0.6 is 15.9 Å². The summed E-state index contributed by atoms with van der Waals surface area (Å²) < 4.78 is 6.73. The van der Waals surface area contributed by atoms with Gasteiger partial charge in [-0.05, 0) is 46.6 Å². The number of allylic oxidation sites excluding steroid dienone is 1. The van der Waals surface area contributed by atoms with Crippen LogP contribution < -0.4 is 20.7 Å². The molecule has 0 fully saturated rings. The Hall–Kier alpha value is -3.66. The lowest BCUT2D eigenvalue weighted by molar-refractivity contribution is -0.136. The van der Waals surface area contributed by atoms with Gasteiger partial charge in [0.25, 0.3) is 0 Å². The van der Waals surface area contributed by atoms with E-state index < -0.39 is 12.0 Å². The number of guanidine groups is 1. The summed E-state index contributed by atoms with van der Waals surface area (Å²) in [5.74, 6) is -0.208. The molecule has 1 atom stereocenters. The monoisotopic (exact) mass is 527 g/mol. The minimum Gasteiger partial charge on any atom is -0.481 e. The minimum absolute atomic E-state index is 0.0120. The van der Waals surface area contributed by atoms with Gasteiger partial charge in [0.2, 0.25) is 11.8 Å². The smallest absolute Gasteiger partial charge is 0.321 e. The number of nitrogens with one attached hydrogen (secondary N) is 3. The van der Waals surface area contributed by atoms with Crippen molar-refractivity contribution in [3.8, 4) is 5.88 Å². The van der Waals surface area contributed by atoms with E-state index in [-0.39, 0.29) is 25.0 Å². The Morgan fingerprint density at radius 1 is 1.24 bits per heavy atom. The molecule has 0 radical (unpaired) electrons. The maximum atomic E-state index is 12.2. The molecule has 1 heterocycles. The Morgan fingerprint density at radius 3 is 2.68 bits per heavy atom. The molecule has 3 rings (SSSR count). The largest absolute Gasteiger partial charge is 0.481 e. The maximum Gasteiger partial charge on any atom is 0.321 e. The fourth-order valence-electron chi connectivity index (χ4n) is 2.91. The lowest BCUT2D eigenvalue weighted by atomic mass is 10.1. The first-order valence-electron chi connectivity index (χ1n) is 10.7. The summed E-state index contributed by atoms with van der Waals surface area (Å²) in [5, 5.41) is 17.0. The maximum absolute atomic E-state index is 12.2. The Balaban J connectivity index is 1.61. The second-order valence-electron chi connectivity index (χ2n) is 7.53. The van der Waals surface area contributed by atoms with Crippen molar-refractivity contribution >= 4 is 33.9 Å². The van der Waals surface area contributed by atoms with E-state index in [2.05, 4.69) is 41.9 Å². The number of aromatic nitrogens is 1. The molecule has 0 spiro atoms. The van der Waals surface area contributed by atoms with Crippen LogP contribution in [0, 0.1) is 6.92 Å². The molecule has 1 aliphatic rings. The van der Waals surface area contributed by atoms with Gasteiger partial charge >= 0.3 is 12.0 Å². The summed E-state index contributed by atoms with van der Waals surface area (Å²) in [7, 11) is 0. The van der Waals surface area contributed by atoms with Crippen molar-refractivity contribution < 1.29 is 19.4 Å². The normalized spacial score (nSPS) is 15.3. The molecule has 0 saturated carbocycles. The predicted octanol–water partition coefficient (Wildman–Crippen LogP) is 3.66. The quantitative estimate of drug-likeness (QED) is 0.306. The Bertz CT molecular complexity index is 1080. The number of halogens is 1. The van der Waals surface area contributed by atoms with E-state index in [4.69, 9.17) is 9.84 Å². The highest BCUT2D eigenvalue weighted by Gasteiger charge is 2.13. The summed E-state index contributed by atoms with van der Waals surface area (Å²) >= 11 is 3.35. The molecule has 0 aliphatic heterocycles. The van der Waals surface area contributed by atoms with E-state index in [9.17, 15) is 9.59 Å². The second-order valence-corrected chi connectivity index (χ2v) is 8.44. The van der Waals surface area contributed by atoms with Crippen LogP contribution in [0.2, 0.25) is 0 Å². The summed E-state index contributed by atoms with van der Waals surface area (Å²) in [4.78, 5) is 31.6. The molecule has 34 heavy (non-hydrogen) atoms. The van der Waals surface area contributed by atoms with E-state index in [0.29, 0.717) is 18.8 Å². The first-order chi connectivity index (χ1) is 16.4. The average molecular weight is 528 g/mol. The van der Waals surface area contributed by atoms with Crippen LogP contribution in [0.15, 0.2) is 76.0 Å². The number of hydrogen-bond acceptors (Lipinski definition) is 5. The van der Waals surface area contributed by atoms with Crippen LogP contribution in [-0.4, -0.2) is 40.7 Å². The van der Waals surface area contributed by atoms with Gasteiger partial charge in [0.05, 0.1) is 13.0 Å². The Morgan fingerprint density at radius 2 is 2.03 bits per heavy atom. The number of nitrogens with zero attached hydrogens (tertiary/aromatic N) is 2. The fraction of sp³-hybridized carbons (Fsp3) is 0.250. The summed E-state index contributed by atoms with van der Waals surface area (Å²) in [6.45, 7) is 2.38. The summed E-state index contributed by atoms with van der Waals surface area (Å²) in [5.41, 5.74) is 2.88. The number of aliphatic carboxylic acids is 1. The molecule has 1 aromatic carbocycles. The second kappa shape index (κ2) is 12.5. The van der Waals surface area contributed by atoms with E-state index in [0.717, 1.165) is 21.3 Å². The minimum atomic E-state index is -0.987. The molecule has 9 nitrogen and oxygen atoms in total. The number of carbonyl (C=O) groups excluding carboxylic acids is 1. The number of carbonyl (C=O) groups is 2. The molecule has 10 heteroatoms. The average Bonchev–Trinajstić information content (AvgIpc) is 2.81. The summed E-state index contributed by atoms with van der Waals surface area (Å²) in [6.07, 6.45) is 7.63.